The predicted octanol–water partition coefficient (Wildman–Crippen LogP) is 2.07. The predicted molar refractivity (Wildman–Crippen MR) is 51.3 cm³/mol. The molecule has 13 heavy (non-hydrogen) atoms. The first-order valence-electron chi connectivity index (χ1n) is 4.67. The van der Waals surface area contributed by atoms with Crippen molar-refractivity contribution < 1.29 is 9.59 Å². The molecule has 0 heterocycles. The maximum Gasteiger partial charge on any atom is 0.127 e. The Bertz CT molecular complexity index is 247. The molecule has 0 bridgehead atoms. The molecule has 74 valence electrons. The second kappa shape index (κ2) is 2.43. The van der Waals surface area contributed by atoms with Crippen LogP contribution in [0.25, 0.3) is 0 Å². The monoisotopic (exact) mass is 182 g/mol. The van der Waals surface area contributed by atoms with Gasteiger partial charge in [-0.3, -0.25) is 0 Å². The summed E-state index contributed by atoms with van der Waals surface area (Å²) in [5.74, 6) is -0.113. The van der Waals surface area contributed by atoms with Crippen LogP contribution in [-0.2, 0) is 9.59 Å². The van der Waals surface area contributed by atoms with Crippen LogP contribution in [0.5, 0.6) is 0 Å². The Morgan fingerprint density at radius 3 is 1.69 bits per heavy atom. The van der Waals surface area contributed by atoms with Gasteiger partial charge >= 0.3 is 0 Å². The van der Waals surface area contributed by atoms with Gasteiger partial charge in [-0.1, -0.05) is 34.6 Å². The molecule has 0 amide bonds. The summed E-state index contributed by atoms with van der Waals surface area (Å²) < 4.78 is 0. The maximum atomic E-state index is 11.2. The van der Waals surface area contributed by atoms with Crippen molar-refractivity contribution in [2.24, 2.45) is 22.2 Å². The Morgan fingerprint density at radius 2 is 1.62 bits per heavy atom. The molecule has 0 aromatic heterocycles. The Balaban J connectivity index is 3.14. The molecule has 1 aliphatic rings. The SMILES string of the molecule is CC(C)(C)[C@]1(C=O)C(C=O)C1(C)C. The molecule has 1 unspecified atom stereocenters. The van der Waals surface area contributed by atoms with Gasteiger partial charge in [-0.25, -0.2) is 0 Å². The van der Waals surface area contributed by atoms with E-state index in [4.69, 9.17) is 0 Å². The second-order valence-electron chi connectivity index (χ2n) is 5.57. The van der Waals surface area contributed by atoms with Crippen LogP contribution in [0.1, 0.15) is 34.6 Å². The van der Waals surface area contributed by atoms with Crippen molar-refractivity contribution in [3.8, 4) is 0 Å². The fourth-order valence-electron chi connectivity index (χ4n) is 2.95. The van der Waals surface area contributed by atoms with E-state index in [0.29, 0.717) is 0 Å². The van der Waals surface area contributed by atoms with Crippen LogP contribution in [0.2, 0.25) is 0 Å². The van der Waals surface area contributed by atoms with E-state index in [1.807, 2.05) is 34.6 Å². The zero-order valence-corrected chi connectivity index (χ0v) is 9.05. The van der Waals surface area contributed by atoms with Gasteiger partial charge in [-0.05, 0) is 10.8 Å². The van der Waals surface area contributed by atoms with Gasteiger partial charge in [0.1, 0.15) is 12.6 Å². The van der Waals surface area contributed by atoms with E-state index in [1.54, 1.807) is 0 Å². The van der Waals surface area contributed by atoms with Gasteiger partial charge in [0.2, 0.25) is 0 Å². The highest BCUT2D eigenvalue weighted by Gasteiger charge is 2.75. The van der Waals surface area contributed by atoms with Crippen molar-refractivity contribution in [3.63, 3.8) is 0 Å². The molecule has 0 radical (unpaired) electrons. The van der Waals surface area contributed by atoms with Crippen molar-refractivity contribution in [2.45, 2.75) is 34.6 Å². The number of rotatable bonds is 2. The highest BCUT2D eigenvalue weighted by Crippen LogP contribution is 2.73. The first-order chi connectivity index (χ1) is 5.75. The second-order valence-corrected chi connectivity index (χ2v) is 5.57. The van der Waals surface area contributed by atoms with E-state index in [9.17, 15) is 9.59 Å². The highest BCUT2D eigenvalue weighted by atomic mass is 16.1. The van der Waals surface area contributed by atoms with Gasteiger partial charge in [0, 0.05) is 11.3 Å². The lowest BCUT2D eigenvalue weighted by Crippen LogP contribution is -2.29. The van der Waals surface area contributed by atoms with Crippen LogP contribution >= 0.6 is 0 Å². The summed E-state index contributed by atoms with van der Waals surface area (Å²) in [6.45, 7) is 10.0. The lowest BCUT2D eigenvalue weighted by Gasteiger charge is -2.29. The van der Waals surface area contributed by atoms with E-state index < -0.39 is 5.41 Å². The van der Waals surface area contributed by atoms with Crippen molar-refractivity contribution >= 4 is 12.6 Å². The minimum absolute atomic E-state index is 0.113. The minimum Gasteiger partial charge on any atom is -0.303 e. The van der Waals surface area contributed by atoms with Gasteiger partial charge in [-0.15, -0.1) is 0 Å². The van der Waals surface area contributed by atoms with Crippen LogP contribution in [0.3, 0.4) is 0 Å². The van der Waals surface area contributed by atoms with E-state index in [2.05, 4.69) is 0 Å². The fourth-order valence-corrected chi connectivity index (χ4v) is 2.95. The van der Waals surface area contributed by atoms with Gasteiger partial charge in [0.15, 0.2) is 0 Å². The normalized spacial score (nSPS) is 36.8. The Hall–Kier alpha value is -0.660. The zero-order chi connectivity index (χ0) is 10.5. The maximum absolute atomic E-state index is 11.2. The fraction of sp³-hybridized carbons (Fsp3) is 0.818. The Labute approximate surface area is 79.7 Å². The number of aldehydes is 2. The lowest BCUT2D eigenvalue weighted by molar-refractivity contribution is -0.120. The lowest BCUT2D eigenvalue weighted by atomic mass is 9.73. The highest BCUT2D eigenvalue weighted by molar-refractivity contribution is 5.80. The summed E-state index contributed by atoms with van der Waals surface area (Å²) in [5, 5.41) is 0. The summed E-state index contributed by atoms with van der Waals surface area (Å²) in [7, 11) is 0. The van der Waals surface area contributed by atoms with Crippen LogP contribution in [-0.4, -0.2) is 12.6 Å². The number of hydrogen-bond donors (Lipinski definition) is 0. The molecule has 0 aromatic carbocycles. The zero-order valence-electron chi connectivity index (χ0n) is 9.05. The topological polar surface area (TPSA) is 34.1 Å². The largest absolute Gasteiger partial charge is 0.303 e. The first-order valence-corrected chi connectivity index (χ1v) is 4.67. The molecule has 2 nitrogen and oxygen atoms in total. The van der Waals surface area contributed by atoms with Gasteiger partial charge in [0.25, 0.3) is 0 Å². The van der Waals surface area contributed by atoms with E-state index in [0.717, 1.165) is 12.6 Å². The molecule has 1 fully saturated rings. The molecule has 1 rings (SSSR count). The molecule has 0 aromatic rings. The minimum atomic E-state index is -0.457. The van der Waals surface area contributed by atoms with Crippen molar-refractivity contribution in [1.82, 2.24) is 0 Å². The van der Waals surface area contributed by atoms with Gasteiger partial charge in [-0.2, -0.15) is 0 Å². The first kappa shape index (κ1) is 10.4. The quantitative estimate of drug-likeness (QED) is 0.613. The summed E-state index contributed by atoms with van der Waals surface area (Å²) >= 11 is 0. The van der Waals surface area contributed by atoms with Crippen molar-refractivity contribution in [1.29, 1.82) is 0 Å². The van der Waals surface area contributed by atoms with Gasteiger partial charge < -0.3 is 9.59 Å². The third-order valence-electron chi connectivity index (χ3n) is 3.81. The van der Waals surface area contributed by atoms with E-state index in [1.165, 1.54) is 0 Å². The smallest absolute Gasteiger partial charge is 0.127 e. The summed E-state index contributed by atoms with van der Waals surface area (Å²) in [6.07, 6.45) is 1.91. The van der Waals surface area contributed by atoms with Crippen LogP contribution < -0.4 is 0 Å². The third-order valence-corrected chi connectivity index (χ3v) is 3.81. The average Bonchev–Trinajstić information content (AvgIpc) is 2.45. The molecule has 2 heteroatoms. The Kier molecular flexibility index (Phi) is 1.95. The van der Waals surface area contributed by atoms with Crippen LogP contribution in [0.15, 0.2) is 0 Å². The van der Waals surface area contributed by atoms with Crippen molar-refractivity contribution in [3.05, 3.63) is 0 Å². The molecule has 0 saturated heterocycles. The standard InChI is InChI=1S/C11H18O2/c1-9(2,3)11(7-13)8(6-12)10(11,4)5/h6-8H,1-5H3/t8?,11-/m0/s1. The molecular weight excluding hydrogens is 164 g/mol. The number of hydrogen-bond acceptors (Lipinski definition) is 2. The molecule has 1 aliphatic carbocycles. The third kappa shape index (κ3) is 0.946. The summed E-state index contributed by atoms with van der Waals surface area (Å²) in [6, 6.07) is 0. The Morgan fingerprint density at radius 1 is 1.15 bits per heavy atom. The molecule has 0 spiro atoms. The average molecular weight is 182 g/mol. The molecule has 2 atom stereocenters. The summed E-state index contributed by atoms with van der Waals surface area (Å²) in [5.41, 5.74) is -0.764. The molecule has 0 aliphatic heterocycles. The molecular formula is C11H18O2. The van der Waals surface area contributed by atoms with Crippen LogP contribution in [0.4, 0.5) is 0 Å². The number of carbonyl (C=O) groups is 2. The van der Waals surface area contributed by atoms with E-state index >= 15 is 0 Å². The van der Waals surface area contributed by atoms with Gasteiger partial charge in [0.05, 0.1) is 0 Å². The molecule has 1 saturated carbocycles. The summed E-state index contributed by atoms with van der Waals surface area (Å²) in [4.78, 5) is 22.0. The van der Waals surface area contributed by atoms with E-state index in [-0.39, 0.29) is 16.7 Å². The number of carbonyl (C=O) groups excluding carboxylic acids is 2. The van der Waals surface area contributed by atoms with Crippen molar-refractivity contribution in [2.75, 3.05) is 0 Å². The van der Waals surface area contributed by atoms with Crippen LogP contribution in [0, 0.1) is 22.2 Å². The molecule has 0 N–H and O–H groups in total.